The van der Waals surface area contributed by atoms with Crippen LogP contribution in [-0.4, -0.2) is 16.8 Å². The fraction of sp³-hybridized carbons (Fsp3) is 0.286. The number of hydrogen-bond donors (Lipinski definition) is 2. The van der Waals surface area contributed by atoms with E-state index >= 15 is 0 Å². The lowest BCUT2D eigenvalue weighted by molar-refractivity contribution is -0.121. The van der Waals surface area contributed by atoms with Crippen LogP contribution in [0.1, 0.15) is 29.8 Å². The van der Waals surface area contributed by atoms with Crippen molar-refractivity contribution in [2.45, 2.75) is 32.2 Å². The van der Waals surface area contributed by atoms with Gasteiger partial charge in [-0.15, -0.1) is 11.3 Å². The summed E-state index contributed by atoms with van der Waals surface area (Å²) in [6, 6.07) is 15.6. The molecule has 1 aliphatic carbocycles. The van der Waals surface area contributed by atoms with E-state index < -0.39 is 0 Å². The molecule has 5 nitrogen and oxygen atoms in total. The minimum Gasteiger partial charge on any atom is -0.352 e. The van der Waals surface area contributed by atoms with Crippen LogP contribution in [0.5, 0.6) is 0 Å². The molecule has 0 saturated heterocycles. The zero-order chi connectivity index (χ0) is 18.6. The van der Waals surface area contributed by atoms with E-state index in [1.807, 2.05) is 48.5 Å². The quantitative estimate of drug-likeness (QED) is 0.654. The van der Waals surface area contributed by atoms with Gasteiger partial charge in [-0.1, -0.05) is 24.3 Å². The molecule has 2 N–H and O–H groups in total. The Labute approximate surface area is 161 Å². The molecule has 0 spiro atoms. The molecule has 2 amide bonds. The van der Waals surface area contributed by atoms with Gasteiger partial charge in [0.15, 0.2) is 0 Å². The molecule has 138 valence electrons. The molecule has 4 rings (SSSR count). The second-order valence-corrected chi connectivity index (χ2v) is 7.93. The highest BCUT2D eigenvalue weighted by molar-refractivity contribution is 7.18. The maximum atomic E-state index is 12.2. The first-order valence-corrected chi connectivity index (χ1v) is 10.00. The van der Waals surface area contributed by atoms with Crippen LogP contribution in [0.3, 0.4) is 0 Å². The lowest BCUT2D eigenvalue weighted by Gasteiger charge is -2.08. The molecule has 2 aromatic carbocycles. The van der Waals surface area contributed by atoms with E-state index in [9.17, 15) is 9.59 Å². The number of anilines is 1. The first-order valence-electron chi connectivity index (χ1n) is 9.18. The smallest absolute Gasteiger partial charge is 0.227 e. The first kappa shape index (κ1) is 17.7. The number of nitrogens with one attached hydrogen (secondary N) is 2. The molecule has 1 aliphatic rings. The van der Waals surface area contributed by atoms with Crippen LogP contribution in [0.2, 0.25) is 0 Å². The third kappa shape index (κ3) is 4.71. The Hall–Kier alpha value is -2.73. The maximum Gasteiger partial charge on any atom is 0.227 e. The molecule has 1 heterocycles. The first-order chi connectivity index (χ1) is 13.2. The van der Waals surface area contributed by atoms with Crippen LogP contribution in [0.4, 0.5) is 5.69 Å². The van der Waals surface area contributed by atoms with Gasteiger partial charge in [0.25, 0.3) is 0 Å². The molecule has 1 aromatic heterocycles. The van der Waals surface area contributed by atoms with Gasteiger partial charge in [-0.3, -0.25) is 9.59 Å². The van der Waals surface area contributed by atoms with E-state index in [1.54, 1.807) is 11.3 Å². The van der Waals surface area contributed by atoms with Gasteiger partial charge in [0.2, 0.25) is 11.8 Å². The summed E-state index contributed by atoms with van der Waals surface area (Å²) in [4.78, 5) is 28.6. The average molecular weight is 379 g/mol. The van der Waals surface area contributed by atoms with Gasteiger partial charge < -0.3 is 10.6 Å². The number of aryl methyl sites for hydroxylation is 1. The molecule has 6 heteroatoms. The van der Waals surface area contributed by atoms with E-state index in [-0.39, 0.29) is 17.7 Å². The molecule has 0 atom stereocenters. The highest BCUT2D eigenvalue weighted by Crippen LogP contribution is 2.30. The van der Waals surface area contributed by atoms with Gasteiger partial charge >= 0.3 is 0 Å². The zero-order valence-corrected chi connectivity index (χ0v) is 15.7. The second kappa shape index (κ2) is 7.88. The number of benzene rings is 2. The van der Waals surface area contributed by atoms with Crippen molar-refractivity contribution in [3.8, 4) is 0 Å². The predicted molar refractivity (Wildman–Crippen MR) is 108 cm³/mol. The van der Waals surface area contributed by atoms with Crippen molar-refractivity contribution in [2.75, 3.05) is 5.32 Å². The SMILES string of the molecule is O=C(CCc1nc2ccccc2s1)NCc1cccc(NC(=O)C2CC2)c1. The zero-order valence-electron chi connectivity index (χ0n) is 14.9. The number of thiazole rings is 1. The monoisotopic (exact) mass is 379 g/mol. The van der Waals surface area contributed by atoms with Crippen LogP contribution >= 0.6 is 11.3 Å². The molecular weight excluding hydrogens is 358 g/mol. The molecule has 0 radical (unpaired) electrons. The third-order valence-corrected chi connectivity index (χ3v) is 5.63. The summed E-state index contributed by atoms with van der Waals surface area (Å²) in [5.41, 5.74) is 2.74. The molecule has 1 saturated carbocycles. The predicted octanol–water partition coefficient (Wildman–Crippen LogP) is 3.89. The van der Waals surface area contributed by atoms with Gasteiger partial charge in [0, 0.05) is 31.0 Å². The van der Waals surface area contributed by atoms with Crippen molar-refractivity contribution < 1.29 is 9.59 Å². The number of carbonyl (C=O) groups excluding carboxylic acids is 2. The molecule has 0 bridgehead atoms. The number of rotatable bonds is 7. The number of para-hydroxylation sites is 1. The van der Waals surface area contributed by atoms with Gasteiger partial charge in [0.1, 0.15) is 0 Å². The molecule has 0 unspecified atom stereocenters. The number of hydrogen-bond acceptors (Lipinski definition) is 4. The summed E-state index contributed by atoms with van der Waals surface area (Å²) < 4.78 is 1.15. The van der Waals surface area contributed by atoms with Crippen molar-refractivity contribution >= 4 is 39.1 Å². The third-order valence-electron chi connectivity index (χ3n) is 4.54. The molecule has 27 heavy (non-hydrogen) atoms. The minimum absolute atomic E-state index is 0.00155. The molecular formula is C21H21N3O2S. The number of carbonyl (C=O) groups is 2. The van der Waals surface area contributed by atoms with E-state index in [0.29, 0.717) is 19.4 Å². The Morgan fingerprint density at radius 2 is 1.96 bits per heavy atom. The highest BCUT2D eigenvalue weighted by atomic mass is 32.1. The van der Waals surface area contributed by atoms with Crippen molar-refractivity contribution in [3.63, 3.8) is 0 Å². The Bertz CT molecular complexity index is 945. The Balaban J connectivity index is 1.26. The topological polar surface area (TPSA) is 71.1 Å². The van der Waals surface area contributed by atoms with Crippen LogP contribution in [0.25, 0.3) is 10.2 Å². The second-order valence-electron chi connectivity index (χ2n) is 6.82. The van der Waals surface area contributed by atoms with Gasteiger partial charge in [-0.05, 0) is 42.7 Å². The standard InChI is InChI=1S/C21H21N3O2S/c25-19(10-11-20-24-17-6-1-2-7-18(17)27-20)22-13-14-4-3-5-16(12-14)23-21(26)15-8-9-15/h1-7,12,15H,8-11,13H2,(H,22,25)(H,23,26). The van der Waals surface area contributed by atoms with Gasteiger partial charge in [-0.25, -0.2) is 4.98 Å². The number of amides is 2. The summed E-state index contributed by atoms with van der Waals surface area (Å²) >= 11 is 1.64. The maximum absolute atomic E-state index is 12.2. The van der Waals surface area contributed by atoms with E-state index in [2.05, 4.69) is 15.6 Å². The summed E-state index contributed by atoms with van der Waals surface area (Å²) in [6.07, 6.45) is 3.02. The van der Waals surface area contributed by atoms with Crippen molar-refractivity contribution in [3.05, 3.63) is 59.1 Å². The Morgan fingerprint density at radius 1 is 1.11 bits per heavy atom. The van der Waals surface area contributed by atoms with E-state index in [0.717, 1.165) is 39.3 Å². The largest absolute Gasteiger partial charge is 0.352 e. The summed E-state index contributed by atoms with van der Waals surface area (Å²) in [5, 5.41) is 6.86. The summed E-state index contributed by atoms with van der Waals surface area (Å²) in [5.74, 6) is 0.268. The molecule has 0 aliphatic heterocycles. The lowest BCUT2D eigenvalue weighted by Crippen LogP contribution is -2.23. The summed E-state index contributed by atoms with van der Waals surface area (Å²) in [7, 11) is 0. The van der Waals surface area contributed by atoms with E-state index in [4.69, 9.17) is 0 Å². The van der Waals surface area contributed by atoms with Crippen molar-refractivity contribution in [2.24, 2.45) is 5.92 Å². The van der Waals surface area contributed by atoms with Crippen molar-refractivity contribution in [1.29, 1.82) is 0 Å². The van der Waals surface area contributed by atoms with Gasteiger partial charge in [0.05, 0.1) is 15.2 Å². The fourth-order valence-corrected chi connectivity index (χ4v) is 3.85. The van der Waals surface area contributed by atoms with Crippen LogP contribution < -0.4 is 10.6 Å². The van der Waals surface area contributed by atoms with Crippen molar-refractivity contribution in [1.82, 2.24) is 10.3 Å². The van der Waals surface area contributed by atoms with Crippen LogP contribution in [0.15, 0.2) is 48.5 Å². The molecule has 3 aromatic rings. The normalized spacial score (nSPS) is 13.5. The lowest BCUT2D eigenvalue weighted by atomic mass is 10.2. The Morgan fingerprint density at radius 3 is 2.78 bits per heavy atom. The minimum atomic E-state index is 0.00155. The van der Waals surface area contributed by atoms with Crippen LogP contribution in [-0.2, 0) is 22.6 Å². The fourth-order valence-electron chi connectivity index (χ4n) is 2.89. The highest BCUT2D eigenvalue weighted by Gasteiger charge is 2.29. The number of fused-ring (bicyclic) bond motifs is 1. The summed E-state index contributed by atoms with van der Waals surface area (Å²) in [6.45, 7) is 0.450. The average Bonchev–Trinajstić information content (AvgIpc) is 3.44. The Kier molecular flexibility index (Phi) is 5.16. The number of nitrogens with zero attached hydrogens (tertiary/aromatic N) is 1. The molecule has 1 fully saturated rings. The van der Waals surface area contributed by atoms with E-state index in [1.165, 1.54) is 0 Å². The number of aromatic nitrogens is 1. The van der Waals surface area contributed by atoms with Crippen LogP contribution in [0, 0.1) is 5.92 Å². The van der Waals surface area contributed by atoms with Gasteiger partial charge in [-0.2, -0.15) is 0 Å².